The summed E-state index contributed by atoms with van der Waals surface area (Å²) in [6.07, 6.45) is 2.08. The number of hydrogen-bond acceptors (Lipinski definition) is 5. The second kappa shape index (κ2) is 7.21. The minimum atomic E-state index is -0.733. The molecule has 0 spiro atoms. The van der Waals surface area contributed by atoms with E-state index < -0.39 is 11.5 Å². The molecule has 0 unspecified atom stereocenters. The molecule has 2 N–H and O–H groups in total. The Kier molecular flexibility index (Phi) is 4.76. The molecule has 1 aromatic heterocycles. The summed E-state index contributed by atoms with van der Waals surface area (Å²) in [7, 11) is 0. The molecule has 2 aromatic carbocycles. The molecule has 0 bridgehead atoms. The third-order valence-electron chi connectivity index (χ3n) is 5.43. The van der Waals surface area contributed by atoms with Gasteiger partial charge in [-0.15, -0.1) is 0 Å². The molecular formula is C21H22FN3O2. The highest BCUT2D eigenvalue weighted by molar-refractivity contribution is 5.75. The monoisotopic (exact) mass is 367 g/mol. The third-order valence-corrected chi connectivity index (χ3v) is 5.43. The molecule has 1 saturated heterocycles. The normalized spacial score (nSPS) is 22.9. The third kappa shape index (κ3) is 3.50. The van der Waals surface area contributed by atoms with E-state index in [0.717, 1.165) is 22.4 Å². The standard InChI is InChI=1S/C21H22FN3O2/c22-16-7-5-15(6-8-16)11-21(14-26)13-25(10-9-19(21)27)20-12-23-17-3-1-2-4-18(17)24-20/h1-8,12,19,26-27H,9-11,13-14H2/t19-,21-/m0/s1. The predicted octanol–water partition coefficient (Wildman–Crippen LogP) is 2.56. The van der Waals surface area contributed by atoms with E-state index in [-0.39, 0.29) is 12.4 Å². The topological polar surface area (TPSA) is 69.5 Å². The van der Waals surface area contributed by atoms with E-state index in [1.54, 1.807) is 18.3 Å². The van der Waals surface area contributed by atoms with Gasteiger partial charge in [-0.3, -0.25) is 4.98 Å². The van der Waals surface area contributed by atoms with Gasteiger partial charge in [0.2, 0.25) is 0 Å². The average Bonchev–Trinajstić information content (AvgIpc) is 2.71. The van der Waals surface area contributed by atoms with E-state index >= 15 is 0 Å². The Morgan fingerprint density at radius 2 is 1.85 bits per heavy atom. The molecule has 1 aliphatic heterocycles. The summed E-state index contributed by atoms with van der Waals surface area (Å²) in [4.78, 5) is 11.2. The zero-order chi connectivity index (χ0) is 18.9. The Hall–Kier alpha value is -2.57. The smallest absolute Gasteiger partial charge is 0.147 e. The van der Waals surface area contributed by atoms with Crippen LogP contribution in [-0.2, 0) is 6.42 Å². The second-order valence-electron chi connectivity index (χ2n) is 7.27. The van der Waals surface area contributed by atoms with Gasteiger partial charge in [0, 0.05) is 18.5 Å². The fourth-order valence-corrected chi connectivity index (χ4v) is 3.84. The molecule has 0 amide bonds. The Labute approximate surface area is 157 Å². The minimum Gasteiger partial charge on any atom is -0.396 e. The molecule has 6 heteroatoms. The summed E-state index contributed by atoms with van der Waals surface area (Å²) >= 11 is 0. The highest BCUT2D eigenvalue weighted by Gasteiger charge is 2.43. The molecule has 140 valence electrons. The molecule has 27 heavy (non-hydrogen) atoms. The molecule has 1 aliphatic rings. The van der Waals surface area contributed by atoms with Crippen LogP contribution in [0.1, 0.15) is 12.0 Å². The second-order valence-corrected chi connectivity index (χ2v) is 7.27. The Morgan fingerprint density at radius 3 is 2.59 bits per heavy atom. The first-order valence-electron chi connectivity index (χ1n) is 9.10. The molecule has 3 aromatic rings. The number of rotatable bonds is 4. The number of fused-ring (bicyclic) bond motifs is 1. The molecular weight excluding hydrogens is 345 g/mol. The van der Waals surface area contributed by atoms with E-state index in [1.165, 1.54) is 12.1 Å². The van der Waals surface area contributed by atoms with Gasteiger partial charge in [0.1, 0.15) is 11.6 Å². The number of benzene rings is 2. The van der Waals surface area contributed by atoms with Crippen LogP contribution >= 0.6 is 0 Å². The number of nitrogens with zero attached hydrogens (tertiary/aromatic N) is 3. The van der Waals surface area contributed by atoms with Gasteiger partial charge >= 0.3 is 0 Å². The largest absolute Gasteiger partial charge is 0.396 e. The predicted molar refractivity (Wildman–Crippen MR) is 102 cm³/mol. The van der Waals surface area contributed by atoms with Gasteiger partial charge in [-0.25, -0.2) is 9.37 Å². The van der Waals surface area contributed by atoms with Crippen molar-refractivity contribution in [1.29, 1.82) is 0 Å². The SMILES string of the molecule is OC[C@]1(Cc2ccc(F)cc2)CN(c2cnc3ccccc3n2)CC[C@@H]1O. The Balaban J connectivity index is 1.62. The lowest BCUT2D eigenvalue weighted by Crippen LogP contribution is -2.55. The first-order chi connectivity index (χ1) is 13.1. The van der Waals surface area contributed by atoms with Gasteiger partial charge < -0.3 is 15.1 Å². The van der Waals surface area contributed by atoms with Crippen molar-refractivity contribution in [3.8, 4) is 0 Å². The fraction of sp³-hybridized carbons (Fsp3) is 0.333. The summed E-state index contributed by atoms with van der Waals surface area (Å²) in [5, 5.41) is 20.8. The quantitative estimate of drug-likeness (QED) is 0.742. The van der Waals surface area contributed by atoms with E-state index in [4.69, 9.17) is 4.98 Å². The summed E-state index contributed by atoms with van der Waals surface area (Å²) in [6, 6.07) is 13.9. The molecule has 0 radical (unpaired) electrons. The van der Waals surface area contributed by atoms with E-state index in [9.17, 15) is 14.6 Å². The molecule has 0 saturated carbocycles. The van der Waals surface area contributed by atoms with Crippen LogP contribution in [0, 0.1) is 11.2 Å². The number of aromatic nitrogens is 2. The van der Waals surface area contributed by atoms with E-state index in [0.29, 0.717) is 25.9 Å². The molecule has 5 nitrogen and oxygen atoms in total. The summed E-state index contributed by atoms with van der Waals surface area (Å²) in [5.41, 5.74) is 1.80. The van der Waals surface area contributed by atoms with Crippen molar-refractivity contribution in [2.24, 2.45) is 5.41 Å². The molecule has 4 rings (SSSR count). The maximum atomic E-state index is 13.2. The van der Waals surface area contributed by atoms with Crippen LogP contribution in [0.15, 0.2) is 54.7 Å². The van der Waals surface area contributed by atoms with E-state index in [1.807, 2.05) is 24.3 Å². The van der Waals surface area contributed by atoms with Gasteiger partial charge in [-0.1, -0.05) is 24.3 Å². The van der Waals surface area contributed by atoms with Crippen LogP contribution in [0.3, 0.4) is 0 Å². The number of hydrogen-bond donors (Lipinski definition) is 2. The number of anilines is 1. The maximum Gasteiger partial charge on any atom is 0.147 e. The van der Waals surface area contributed by atoms with Gasteiger partial charge in [0.15, 0.2) is 0 Å². The summed E-state index contributed by atoms with van der Waals surface area (Å²) in [6.45, 7) is 0.928. The first-order valence-corrected chi connectivity index (χ1v) is 9.10. The van der Waals surface area contributed by atoms with Crippen molar-refractivity contribution in [2.45, 2.75) is 18.9 Å². The number of aliphatic hydroxyl groups is 2. The van der Waals surface area contributed by atoms with Gasteiger partial charge in [-0.2, -0.15) is 0 Å². The number of aliphatic hydroxyl groups excluding tert-OH is 2. The van der Waals surface area contributed by atoms with Crippen LogP contribution in [0.25, 0.3) is 11.0 Å². The van der Waals surface area contributed by atoms with Crippen molar-refractivity contribution in [3.05, 3.63) is 66.1 Å². The zero-order valence-corrected chi connectivity index (χ0v) is 14.9. The van der Waals surface area contributed by atoms with Crippen molar-refractivity contribution in [3.63, 3.8) is 0 Å². The first kappa shape index (κ1) is 17.8. The van der Waals surface area contributed by atoms with Gasteiger partial charge in [0.25, 0.3) is 0 Å². The maximum absolute atomic E-state index is 13.2. The molecule has 0 aliphatic carbocycles. The summed E-state index contributed by atoms with van der Waals surface area (Å²) in [5.74, 6) is 0.437. The molecule has 2 heterocycles. The Morgan fingerprint density at radius 1 is 1.11 bits per heavy atom. The Bertz CT molecular complexity index is 934. The minimum absolute atomic E-state index is 0.164. The number of piperidine rings is 1. The van der Waals surface area contributed by atoms with Crippen LogP contribution in [-0.4, -0.2) is 46.0 Å². The lowest BCUT2D eigenvalue weighted by molar-refractivity contribution is -0.0292. The van der Waals surface area contributed by atoms with Gasteiger partial charge in [0.05, 0.1) is 29.9 Å². The lowest BCUT2D eigenvalue weighted by Gasteiger charge is -2.45. The van der Waals surface area contributed by atoms with Crippen LogP contribution in [0.2, 0.25) is 0 Å². The lowest BCUT2D eigenvalue weighted by atomic mass is 9.73. The van der Waals surface area contributed by atoms with Crippen molar-refractivity contribution >= 4 is 16.9 Å². The number of halogens is 1. The summed E-state index contributed by atoms with van der Waals surface area (Å²) < 4.78 is 13.2. The van der Waals surface area contributed by atoms with Crippen LogP contribution in [0.4, 0.5) is 10.2 Å². The van der Waals surface area contributed by atoms with Crippen LogP contribution < -0.4 is 4.90 Å². The average molecular weight is 367 g/mol. The highest BCUT2D eigenvalue weighted by Crippen LogP contribution is 2.35. The van der Waals surface area contributed by atoms with Crippen LogP contribution in [0.5, 0.6) is 0 Å². The molecule has 2 atom stereocenters. The van der Waals surface area contributed by atoms with Crippen molar-refractivity contribution in [1.82, 2.24) is 9.97 Å². The number of para-hydroxylation sites is 2. The zero-order valence-electron chi connectivity index (χ0n) is 14.9. The van der Waals surface area contributed by atoms with Gasteiger partial charge in [-0.05, 0) is 42.7 Å². The molecule has 1 fully saturated rings. The highest BCUT2D eigenvalue weighted by atomic mass is 19.1. The van der Waals surface area contributed by atoms with Crippen molar-refractivity contribution < 1.29 is 14.6 Å². The van der Waals surface area contributed by atoms with Crippen molar-refractivity contribution in [2.75, 3.05) is 24.6 Å². The van der Waals surface area contributed by atoms with E-state index in [2.05, 4.69) is 9.88 Å². The fourth-order valence-electron chi connectivity index (χ4n) is 3.84.